The number of anilines is 2. The summed E-state index contributed by atoms with van der Waals surface area (Å²) in [5.74, 6) is 0.714. The van der Waals surface area contributed by atoms with Gasteiger partial charge in [-0.1, -0.05) is 48.5 Å². The Kier molecular flexibility index (Phi) is 6.87. The van der Waals surface area contributed by atoms with Gasteiger partial charge in [-0.05, 0) is 6.07 Å². The molecular formula is C23H25N5O4S. The van der Waals surface area contributed by atoms with Crippen LogP contribution in [0, 0.1) is 0 Å². The molecule has 0 spiro atoms. The van der Waals surface area contributed by atoms with Gasteiger partial charge in [0, 0.05) is 29.3 Å². The van der Waals surface area contributed by atoms with Crippen molar-refractivity contribution in [1.29, 1.82) is 0 Å². The largest absolute Gasteiger partial charge is 0.394 e. The van der Waals surface area contributed by atoms with Gasteiger partial charge in [0.1, 0.15) is 5.82 Å². The van der Waals surface area contributed by atoms with Gasteiger partial charge in [-0.2, -0.15) is 9.61 Å². The van der Waals surface area contributed by atoms with Crippen LogP contribution in [0.3, 0.4) is 0 Å². The number of nitrogens with zero attached hydrogens (tertiary/aromatic N) is 3. The zero-order chi connectivity index (χ0) is 23.3. The molecule has 2 heterocycles. The monoisotopic (exact) mass is 467 g/mol. The Bertz CT molecular complexity index is 1340. The van der Waals surface area contributed by atoms with Crippen molar-refractivity contribution in [3.8, 4) is 22.4 Å². The Labute approximate surface area is 192 Å². The van der Waals surface area contributed by atoms with Crippen molar-refractivity contribution >= 4 is 27.2 Å². The molecule has 0 bridgehead atoms. The summed E-state index contributed by atoms with van der Waals surface area (Å²) in [4.78, 5) is 4.86. The molecule has 0 saturated heterocycles. The maximum Gasteiger partial charge on any atom is 0.229 e. The third kappa shape index (κ3) is 5.48. The van der Waals surface area contributed by atoms with Crippen LogP contribution in [0.15, 0.2) is 66.9 Å². The maximum absolute atomic E-state index is 11.9. The minimum atomic E-state index is -3.46. The van der Waals surface area contributed by atoms with Gasteiger partial charge in [-0.15, -0.1) is 0 Å². The quantitative estimate of drug-likeness (QED) is 0.307. The Morgan fingerprint density at radius 1 is 1.03 bits per heavy atom. The highest BCUT2D eigenvalue weighted by Crippen LogP contribution is 2.33. The second kappa shape index (κ2) is 9.99. The number of fused-ring (bicyclic) bond motifs is 1. The first-order chi connectivity index (χ1) is 16.0. The number of benzene rings is 2. The molecule has 0 amide bonds. The van der Waals surface area contributed by atoms with Crippen molar-refractivity contribution in [2.75, 3.05) is 42.7 Å². The van der Waals surface area contributed by atoms with Crippen LogP contribution in [0.25, 0.3) is 28.0 Å². The highest BCUT2D eigenvalue weighted by atomic mass is 32.2. The number of hydrogen-bond donors (Lipinski definition) is 3. The molecule has 0 aliphatic heterocycles. The lowest BCUT2D eigenvalue weighted by atomic mass is 10.1. The zero-order valence-corrected chi connectivity index (χ0v) is 18.9. The summed E-state index contributed by atoms with van der Waals surface area (Å²) in [5, 5.41) is 16.7. The van der Waals surface area contributed by atoms with Gasteiger partial charge in [-0.25, -0.2) is 13.4 Å². The van der Waals surface area contributed by atoms with Crippen LogP contribution in [-0.4, -0.2) is 60.7 Å². The first-order valence-corrected chi connectivity index (χ1v) is 12.3. The van der Waals surface area contributed by atoms with Gasteiger partial charge in [0.2, 0.25) is 10.0 Å². The average Bonchev–Trinajstić information content (AvgIpc) is 3.23. The first-order valence-electron chi connectivity index (χ1n) is 10.4. The molecule has 0 saturated carbocycles. The summed E-state index contributed by atoms with van der Waals surface area (Å²) < 4.78 is 33.4. The van der Waals surface area contributed by atoms with E-state index in [2.05, 4.69) is 15.1 Å². The number of sulfonamides is 1. The Hall–Kier alpha value is -3.47. The standard InChI is InChI=1S/C23H25N5O4S/c1-33(30,31)27-20-10-6-5-9-18(20)19-16-25-28-22(24-11-13-32-14-12-29)15-21(26-23(19)28)17-7-3-2-4-8-17/h2-10,15-16,24,27,29H,11-14H2,1H3. The fourth-order valence-electron chi connectivity index (χ4n) is 3.46. The van der Waals surface area contributed by atoms with E-state index in [4.69, 9.17) is 14.8 Å². The number of rotatable bonds is 10. The second-order valence-electron chi connectivity index (χ2n) is 7.37. The minimum Gasteiger partial charge on any atom is -0.394 e. The van der Waals surface area contributed by atoms with Crippen LogP contribution >= 0.6 is 0 Å². The molecule has 0 fully saturated rings. The van der Waals surface area contributed by atoms with Crippen LogP contribution < -0.4 is 10.0 Å². The van der Waals surface area contributed by atoms with E-state index in [-0.39, 0.29) is 13.2 Å². The molecule has 172 valence electrons. The van der Waals surface area contributed by atoms with Crippen molar-refractivity contribution in [3.63, 3.8) is 0 Å². The molecule has 9 nitrogen and oxygen atoms in total. The Morgan fingerprint density at radius 2 is 1.79 bits per heavy atom. The van der Waals surface area contributed by atoms with E-state index in [1.165, 1.54) is 0 Å². The molecule has 0 aliphatic carbocycles. The molecule has 0 radical (unpaired) electrons. The van der Waals surface area contributed by atoms with Gasteiger partial charge in [0.05, 0.1) is 43.7 Å². The molecule has 2 aromatic carbocycles. The number of ether oxygens (including phenoxy) is 1. The maximum atomic E-state index is 11.9. The van der Waals surface area contributed by atoms with Gasteiger partial charge < -0.3 is 15.2 Å². The van der Waals surface area contributed by atoms with E-state index >= 15 is 0 Å². The number of hydrogen-bond acceptors (Lipinski definition) is 7. The van der Waals surface area contributed by atoms with Crippen molar-refractivity contribution in [2.24, 2.45) is 0 Å². The van der Waals surface area contributed by atoms with E-state index in [1.54, 1.807) is 22.8 Å². The summed E-state index contributed by atoms with van der Waals surface area (Å²) in [5.41, 5.74) is 4.09. The first kappa shape index (κ1) is 22.7. The topological polar surface area (TPSA) is 118 Å². The third-order valence-electron chi connectivity index (χ3n) is 4.84. The van der Waals surface area contributed by atoms with Gasteiger partial charge in [-0.3, -0.25) is 4.72 Å². The van der Waals surface area contributed by atoms with Crippen LogP contribution in [-0.2, 0) is 14.8 Å². The molecular weight excluding hydrogens is 442 g/mol. The van der Waals surface area contributed by atoms with E-state index in [9.17, 15) is 8.42 Å². The van der Waals surface area contributed by atoms with Crippen molar-refractivity contribution in [1.82, 2.24) is 14.6 Å². The van der Waals surface area contributed by atoms with Crippen LogP contribution in [0.2, 0.25) is 0 Å². The molecule has 0 atom stereocenters. The molecule has 0 unspecified atom stereocenters. The second-order valence-corrected chi connectivity index (χ2v) is 9.12. The van der Waals surface area contributed by atoms with Crippen LogP contribution in [0.5, 0.6) is 0 Å². The SMILES string of the molecule is CS(=O)(=O)Nc1ccccc1-c1cnn2c(NCCOCCO)cc(-c3ccccc3)nc12. The van der Waals surface area contributed by atoms with Crippen molar-refractivity contribution < 1.29 is 18.3 Å². The highest BCUT2D eigenvalue weighted by molar-refractivity contribution is 7.92. The molecule has 0 aliphatic rings. The summed E-state index contributed by atoms with van der Waals surface area (Å²) in [6.45, 7) is 1.18. The van der Waals surface area contributed by atoms with E-state index in [0.29, 0.717) is 41.4 Å². The predicted molar refractivity (Wildman–Crippen MR) is 129 cm³/mol. The van der Waals surface area contributed by atoms with Crippen LogP contribution in [0.4, 0.5) is 11.5 Å². The van der Waals surface area contributed by atoms with E-state index < -0.39 is 10.0 Å². The molecule has 4 rings (SSSR count). The van der Waals surface area contributed by atoms with Gasteiger partial charge >= 0.3 is 0 Å². The molecule has 10 heteroatoms. The lowest BCUT2D eigenvalue weighted by Crippen LogP contribution is -2.14. The van der Waals surface area contributed by atoms with Gasteiger partial charge in [0.25, 0.3) is 0 Å². The Morgan fingerprint density at radius 3 is 2.55 bits per heavy atom. The summed E-state index contributed by atoms with van der Waals surface area (Å²) in [6, 6.07) is 18.8. The van der Waals surface area contributed by atoms with Crippen molar-refractivity contribution in [3.05, 3.63) is 66.9 Å². The number of aliphatic hydroxyl groups is 1. The number of aliphatic hydroxyl groups excluding tert-OH is 1. The zero-order valence-electron chi connectivity index (χ0n) is 18.1. The predicted octanol–water partition coefficient (Wildman–Crippen LogP) is 2.86. The fourth-order valence-corrected chi connectivity index (χ4v) is 4.04. The number of aromatic nitrogens is 3. The third-order valence-corrected chi connectivity index (χ3v) is 5.43. The summed E-state index contributed by atoms with van der Waals surface area (Å²) >= 11 is 0. The number of para-hydroxylation sites is 1. The van der Waals surface area contributed by atoms with Crippen molar-refractivity contribution in [2.45, 2.75) is 0 Å². The fraction of sp³-hybridized carbons (Fsp3) is 0.217. The lowest BCUT2D eigenvalue weighted by molar-refractivity contribution is 0.0991. The molecule has 3 N–H and O–H groups in total. The van der Waals surface area contributed by atoms with Gasteiger partial charge in [0.15, 0.2) is 5.65 Å². The highest BCUT2D eigenvalue weighted by Gasteiger charge is 2.17. The molecule has 33 heavy (non-hydrogen) atoms. The Balaban J connectivity index is 1.81. The minimum absolute atomic E-state index is 0.0267. The van der Waals surface area contributed by atoms with E-state index in [0.717, 1.165) is 17.5 Å². The molecule has 4 aromatic rings. The summed E-state index contributed by atoms with van der Waals surface area (Å²) in [6.07, 6.45) is 2.79. The normalized spacial score (nSPS) is 11.6. The molecule has 2 aromatic heterocycles. The smallest absolute Gasteiger partial charge is 0.229 e. The number of nitrogens with one attached hydrogen (secondary N) is 2. The average molecular weight is 468 g/mol. The van der Waals surface area contributed by atoms with E-state index in [1.807, 2.05) is 48.5 Å². The van der Waals surface area contributed by atoms with Crippen LogP contribution in [0.1, 0.15) is 0 Å². The summed E-state index contributed by atoms with van der Waals surface area (Å²) in [7, 11) is -3.46. The lowest BCUT2D eigenvalue weighted by Gasteiger charge is -2.13.